The molecule has 0 bridgehead atoms. The molecule has 0 heterocycles. The molecule has 0 spiro atoms. The lowest BCUT2D eigenvalue weighted by Crippen LogP contribution is -2.51. The van der Waals surface area contributed by atoms with E-state index < -0.39 is 5.60 Å². The van der Waals surface area contributed by atoms with Crippen LogP contribution in [0, 0.1) is 0 Å². The van der Waals surface area contributed by atoms with Gasteiger partial charge in [-0.1, -0.05) is 65.7 Å². The van der Waals surface area contributed by atoms with Gasteiger partial charge in [-0.15, -0.1) is 0 Å². The van der Waals surface area contributed by atoms with Crippen LogP contribution in [0.15, 0.2) is 78.9 Å². The highest BCUT2D eigenvalue weighted by Gasteiger charge is 2.33. The maximum absolute atomic E-state index is 13.1. The summed E-state index contributed by atoms with van der Waals surface area (Å²) < 4.78 is 5.95. The quantitative estimate of drug-likeness (QED) is 0.411. The molecule has 0 saturated carbocycles. The van der Waals surface area contributed by atoms with Crippen LogP contribution >= 0.6 is 23.2 Å². The summed E-state index contributed by atoms with van der Waals surface area (Å²) in [4.78, 5) is 13.1. The number of ether oxygens (including phenoxy) is 1. The van der Waals surface area contributed by atoms with E-state index in [9.17, 15) is 4.79 Å². The maximum atomic E-state index is 13.1. The van der Waals surface area contributed by atoms with E-state index in [1.807, 2.05) is 49.4 Å². The summed E-state index contributed by atoms with van der Waals surface area (Å²) >= 11 is 12.0. The second kappa shape index (κ2) is 10.2. The van der Waals surface area contributed by atoms with E-state index >= 15 is 0 Å². The zero-order chi connectivity index (χ0) is 22.4. The zero-order valence-electron chi connectivity index (χ0n) is 17.9. The number of benzene rings is 3. The minimum Gasteiger partial charge on any atom is -0.478 e. The van der Waals surface area contributed by atoms with Crippen molar-refractivity contribution in [1.82, 2.24) is 5.32 Å². The molecule has 162 valence electrons. The molecule has 0 saturated heterocycles. The van der Waals surface area contributed by atoms with E-state index in [1.54, 1.807) is 38.1 Å². The Hall–Kier alpha value is -2.49. The summed E-state index contributed by atoms with van der Waals surface area (Å²) in [6.07, 6.45) is 0.794. The number of rotatable bonds is 8. The van der Waals surface area contributed by atoms with Crippen LogP contribution in [-0.2, 0) is 11.2 Å². The molecule has 3 rings (SSSR count). The van der Waals surface area contributed by atoms with Gasteiger partial charge in [-0.25, -0.2) is 0 Å². The van der Waals surface area contributed by atoms with Gasteiger partial charge >= 0.3 is 0 Å². The van der Waals surface area contributed by atoms with Gasteiger partial charge in [-0.2, -0.15) is 0 Å². The fraction of sp³-hybridized carbons (Fsp3) is 0.269. The van der Waals surface area contributed by atoms with Crippen LogP contribution in [0.3, 0.4) is 0 Å². The van der Waals surface area contributed by atoms with Crippen LogP contribution in [0.5, 0.6) is 5.75 Å². The highest BCUT2D eigenvalue weighted by Crippen LogP contribution is 2.27. The van der Waals surface area contributed by atoms with Crippen molar-refractivity contribution in [3.05, 3.63) is 100 Å². The molecule has 0 fully saturated rings. The average Bonchev–Trinajstić information content (AvgIpc) is 2.75. The average molecular weight is 456 g/mol. The minimum atomic E-state index is -1.04. The van der Waals surface area contributed by atoms with Crippen molar-refractivity contribution in [3.8, 4) is 5.75 Å². The number of nitrogens with one attached hydrogen (secondary N) is 1. The van der Waals surface area contributed by atoms with Gasteiger partial charge < -0.3 is 10.1 Å². The standard InChI is InChI=1S/C26H27Cl2NO2/c1-18(29-25(30)26(2,3)31-23-15-13-22(28)14-16-23)24(17-19-7-5-4-6-8-19)20-9-11-21(27)12-10-20/h4-16,18,24H,17H2,1-3H3,(H,29,30). The molecule has 3 aromatic carbocycles. The van der Waals surface area contributed by atoms with Crippen molar-refractivity contribution in [1.29, 1.82) is 0 Å². The Morgan fingerprint density at radius 2 is 1.45 bits per heavy atom. The zero-order valence-corrected chi connectivity index (χ0v) is 19.5. The lowest BCUT2D eigenvalue weighted by molar-refractivity contribution is -0.135. The third kappa shape index (κ3) is 6.49. The summed E-state index contributed by atoms with van der Waals surface area (Å²) in [5, 5.41) is 4.47. The predicted molar refractivity (Wildman–Crippen MR) is 128 cm³/mol. The SMILES string of the molecule is CC(NC(=O)C(C)(C)Oc1ccc(Cl)cc1)C(Cc1ccccc1)c1ccc(Cl)cc1. The fourth-order valence-electron chi connectivity index (χ4n) is 3.49. The Morgan fingerprint density at radius 1 is 0.903 bits per heavy atom. The molecule has 0 aliphatic carbocycles. The predicted octanol–water partition coefficient (Wildman–Crippen LogP) is 6.68. The molecule has 1 N–H and O–H groups in total. The molecule has 0 aliphatic heterocycles. The monoisotopic (exact) mass is 455 g/mol. The molecule has 0 radical (unpaired) electrons. The highest BCUT2D eigenvalue weighted by molar-refractivity contribution is 6.30. The second-order valence-electron chi connectivity index (χ2n) is 8.18. The van der Waals surface area contributed by atoms with Crippen LogP contribution in [-0.4, -0.2) is 17.6 Å². The van der Waals surface area contributed by atoms with Crippen LogP contribution in [0.1, 0.15) is 37.8 Å². The Morgan fingerprint density at radius 3 is 2.03 bits per heavy atom. The Balaban J connectivity index is 1.76. The van der Waals surface area contributed by atoms with Crippen molar-refractivity contribution >= 4 is 29.1 Å². The van der Waals surface area contributed by atoms with Gasteiger partial charge in [0.1, 0.15) is 5.75 Å². The molecule has 2 atom stereocenters. The number of carbonyl (C=O) groups excluding carboxylic acids is 1. The smallest absolute Gasteiger partial charge is 0.263 e. The normalized spacial score (nSPS) is 13.3. The first-order valence-corrected chi connectivity index (χ1v) is 11.0. The first-order valence-electron chi connectivity index (χ1n) is 10.3. The third-order valence-corrected chi connectivity index (χ3v) is 5.80. The number of halogens is 2. The van der Waals surface area contributed by atoms with E-state index in [4.69, 9.17) is 27.9 Å². The summed E-state index contributed by atoms with van der Waals surface area (Å²) in [5.74, 6) is 0.493. The second-order valence-corrected chi connectivity index (χ2v) is 9.05. The van der Waals surface area contributed by atoms with Crippen molar-refractivity contribution in [2.75, 3.05) is 0 Å². The summed E-state index contributed by atoms with van der Waals surface area (Å²) in [6, 6.07) is 24.9. The fourth-order valence-corrected chi connectivity index (χ4v) is 3.74. The first kappa shape index (κ1) is 23.2. The molecule has 5 heteroatoms. The van der Waals surface area contributed by atoms with Crippen molar-refractivity contribution < 1.29 is 9.53 Å². The van der Waals surface area contributed by atoms with Crippen LogP contribution in [0.25, 0.3) is 0 Å². The first-order chi connectivity index (χ1) is 14.7. The lowest BCUT2D eigenvalue weighted by atomic mass is 9.86. The molecule has 3 nitrogen and oxygen atoms in total. The van der Waals surface area contributed by atoms with Gasteiger partial charge in [-0.3, -0.25) is 4.79 Å². The van der Waals surface area contributed by atoms with Crippen LogP contribution in [0.2, 0.25) is 10.0 Å². The van der Waals surface area contributed by atoms with E-state index in [0.717, 1.165) is 12.0 Å². The van der Waals surface area contributed by atoms with Gasteiger partial charge in [-0.05, 0) is 74.7 Å². The van der Waals surface area contributed by atoms with Crippen molar-refractivity contribution in [2.24, 2.45) is 0 Å². The highest BCUT2D eigenvalue weighted by atomic mass is 35.5. The summed E-state index contributed by atoms with van der Waals surface area (Å²) in [7, 11) is 0. The third-order valence-electron chi connectivity index (χ3n) is 5.29. The van der Waals surface area contributed by atoms with Crippen molar-refractivity contribution in [3.63, 3.8) is 0 Å². The van der Waals surface area contributed by atoms with E-state index in [-0.39, 0.29) is 17.9 Å². The molecule has 3 aromatic rings. The molecule has 31 heavy (non-hydrogen) atoms. The van der Waals surface area contributed by atoms with E-state index in [0.29, 0.717) is 15.8 Å². The Labute approximate surface area is 194 Å². The number of amides is 1. The van der Waals surface area contributed by atoms with Crippen LogP contribution < -0.4 is 10.1 Å². The van der Waals surface area contributed by atoms with Gasteiger partial charge in [0.05, 0.1) is 0 Å². The Kier molecular flexibility index (Phi) is 7.64. The number of hydrogen-bond acceptors (Lipinski definition) is 2. The molecule has 2 unspecified atom stereocenters. The van der Waals surface area contributed by atoms with Crippen molar-refractivity contribution in [2.45, 2.75) is 44.8 Å². The maximum Gasteiger partial charge on any atom is 0.263 e. The number of carbonyl (C=O) groups is 1. The van der Waals surface area contributed by atoms with Crippen LogP contribution in [0.4, 0.5) is 0 Å². The molecule has 1 amide bonds. The molecule has 0 aliphatic rings. The largest absolute Gasteiger partial charge is 0.478 e. The van der Waals surface area contributed by atoms with Gasteiger partial charge in [0, 0.05) is 22.0 Å². The van der Waals surface area contributed by atoms with Gasteiger partial charge in [0.15, 0.2) is 5.60 Å². The van der Waals surface area contributed by atoms with Gasteiger partial charge in [0.25, 0.3) is 5.91 Å². The summed E-state index contributed by atoms with van der Waals surface area (Å²) in [5.41, 5.74) is 1.29. The van der Waals surface area contributed by atoms with E-state index in [2.05, 4.69) is 17.4 Å². The Bertz CT molecular complexity index is 986. The van der Waals surface area contributed by atoms with E-state index in [1.165, 1.54) is 5.56 Å². The van der Waals surface area contributed by atoms with Gasteiger partial charge in [0.2, 0.25) is 0 Å². The number of hydrogen-bond donors (Lipinski definition) is 1. The minimum absolute atomic E-state index is 0.0787. The molecular weight excluding hydrogens is 429 g/mol. The summed E-state index contributed by atoms with van der Waals surface area (Å²) in [6.45, 7) is 5.55. The molecule has 0 aromatic heterocycles. The topological polar surface area (TPSA) is 38.3 Å². The molecular formula is C26H27Cl2NO2. The lowest BCUT2D eigenvalue weighted by Gasteiger charge is -2.31.